The van der Waals surface area contributed by atoms with Crippen molar-refractivity contribution >= 4 is 15.9 Å². The highest BCUT2D eigenvalue weighted by atomic mass is 79.9. The van der Waals surface area contributed by atoms with Crippen LogP contribution in [0.3, 0.4) is 0 Å². The average molecular weight is 312 g/mol. The lowest BCUT2D eigenvalue weighted by atomic mass is 9.78. The number of hydrogen-bond donors (Lipinski definition) is 1. The predicted molar refractivity (Wildman–Crippen MR) is 82.7 cm³/mol. The topological polar surface area (TPSA) is 20.2 Å². The molecule has 0 aliphatic heterocycles. The highest BCUT2D eigenvalue weighted by Crippen LogP contribution is 2.40. The Bertz CT molecular complexity index is 387. The molecule has 0 aliphatic rings. The van der Waals surface area contributed by atoms with Gasteiger partial charge < -0.3 is 5.11 Å². The van der Waals surface area contributed by atoms with Crippen molar-refractivity contribution in [3.05, 3.63) is 35.2 Å². The summed E-state index contributed by atoms with van der Waals surface area (Å²) in [5, 5.41) is 11.4. The van der Waals surface area contributed by atoms with Crippen LogP contribution < -0.4 is 0 Å². The Morgan fingerprint density at radius 2 is 1.39 bits per heavy atom. The van der Waals surface area contributed by atoms with E-state index in [4.69, 9.17) is 0 Å². The van der Waals surface area contributed by atoms with E-state index >= 15 is 0 Å². The van der Waals surface area contributed by atoms with Gasteiger partial charge in [-0.3, -0.25) is 0 Å². The molecule has 0 aliphatic carbocycles. The summed E-state index contributed by atoms with van der Waals surface area (Å²) in [4.78, 5) is 0. The van der Waals surface area contributed by atoms with Gasteiger partial charge in [-0.1, -0.05) is 69.6 Å². The minimum absolute atomic E-state index is 0.0553. The summed E-state index contributed by atoms with van der Waals surface area (Å²) < 4.78 is 0. The van der Waals surface area contributed by atoms with E-state index in [2.05, 4.69) is 76.0 Å². The van der Waals surface area contributed by atoms with E-state index < -0.39 is 0 Å². The van der Waals surface area contributed by atoms with Crippen LogP contribution in [0, 0.1) is 6.42 Å². The summed E-state index contributed by atoms with van der Waals surface area (Å²) >= 11 is 3.44. The third kappa shape index (κ3) is 3.50. The molecule has 0 atom stereocenters. The number of phenols is 1. The number of alkyl halides is 1. The van der Waals surface area contributed by atoms with Gasteiger partial charge in [0.1, 0.15) is 5.75 Å². The summed E-state index contributed by atoms with van der Waals surface area (Å²) in [5.74, 6) is 0.446. The van der Waals surface area contributed by atoms with E-state index in [0.29, 0.717) is 5.75 Å². The number of phenolic OH excluding ortho intramolecular Hbond substituents is 1. The summed E-state index contributed by atoms with van der Waals surface area (Å²) in [7, 11) is 0. The lowest BCUT2D eigenvalue weighted by Crippen LogP contribution is -2.17. The molecule has 0 fully saturated rings. The zero-order valence-corrected chi connectivity index (χ0v) is 13.9. The normalized spacial score (nSPS) is 12.8. The van der Waals surface area contributed by atoms with Gasteiger partial charge in [-0.05, 0) is 27.5 Å². The quantitative estimate of drug-likeness (QED) is 0.767. The van der Waals surface area contributed by atoms with Gasteiger partial charge in [-0.2, -0.15) is 0 Å². The highest BCUT2D eigenvalue weighted by molar-refractivity contribution is 9.09. The van der Waals surface area contributed by atoms with Crippen molar-refractivity contribution in [1.82, 2.24) is 0 Å². The van der Waals surface area contributed by atoms with E-state index in [1.807, 2.05) is 0 Å². The van der Waals surface area contributed by atoms with Gasteiger partial charge in [0.05, 0.1) is 0 Å². The number of aromatic hydroxyl groups is 1. The molecule has 18 heavy (non-hydrogen) atoms. The van der Waals surface area contributed by atoms with Crippen molar-refractivity contribution in [2.24, 2.45) is 0 Å². The molecule has 1 aromatic rings. The molecule has 0 aromatic heterocycles. The summed E-state index contributed by atoms with van der Waals surface area (Å²) in [5.41, 5.74) is 3.09. The van der Waals surface area contributed by atoms with E-state index in [9.17, 15) is 5.11 Å². The Morgan fingerprint density at radius 3 is 1.67 bits per heavy atom. The number of halogens is 1. The predicted octanol–water partition coefficient (Wildman–Crippen LogP) is 4.93. The molecule has 2 heteroatoms. The largest absolute Gasteiger partial charge is 0.507 e. The third-order valence-corrected chi connectivity index (χ3v) is 3.38. The van der Waals surface area contributed by atoms with Gasteiger partial charge in [-0.15, -0.1) is 0 Å². The van der Waals surface area contributed by atoms with Crippen LogP contribution in [0.25, 0.3) is 0 Å². The smallest absolute Gasteiger partial charge is 0.123 e. The molecule has 1 rings (SSSR count). The van der Waals surface area contributed by atoms with Crippen molar-refractivity contribution < 1.29 is 5.11 Å². The van der Waals surface area contributed by atoms with E-state index in [0.717, 1.165) is 16.5 Å². The van der Waals surface area contributed by atoms with E-state index in [1.54, 1.807) is 0 Å². The Labute approximate surface area is 120 Å². The zero-order chi connectivity index (χ0) is 14.1. The molecule has 0 unspecified atom stereocenters. The first kappa shape index (κ1) is 15.6. The molecular weight excluding hydrogens is 288 g/mol. The number of rotatable bonds is 2. The Hall–Kier alpha value is -0.500. The minimum Gasteiger partial charge on any atom is -0.507 e. The Kier molecular flexibility index (Phi) is 4.53. The Balaban J connectivity index is 3.48. The van der Waals surface area contributed by atoms with Crippen LogP contribution in [0.5, 0.6) is 5.75 Å². The SMILES string of the molecule is CC(C)(C)c1cc([CH]CBr)cc(C(C)(C)C)c1O. The summed E-state index contributed by atoms with van der Waals surface area (Å²) in [6.45, 7) is 12.8. The second-order valence-corrected chi connectivity index (χ2v) is 7.47. The van der Waals surface area contributed by atoms with Gasteiger partial charge in [0.15, 0.2) is 0 Å². The molecule has 1 radical (unpaired) electrons. The molecule has 101 valence electrons. The van der Waals surface area contributed by atoms with Crippen molar-refractivity contribution in [1.29, 1.82) is 0 Å². The van der Waals surface area contributed by atoms with E-state index in [1.165, 1.54) is 5.56 Å². The minimum atomic E-state index is -0.0553. The van der Waals surface area contributed by atoms with Crippen LogP contribution in [-0.4, -0.2) is 10.4 Å². The van der Waals surface area contributed by atoms with Crippen LogP contribution in [0.1, 0.15) is 58.2 Å². The monoisotopic (exact) mass is 311 g/mol. The molecule has 1 nitrogen and oxygen atoms in total. The first-order chi connectivity index (χ1) is 8.07. The standard InChI is InChI=1S/C16H24BrO/c1-15(2,3)12-9-11(7-8-17)10-13(14(12)18)16(4,5)6/h7,9-10,18H,8H2,1-6H3. The maximum atomic E-state index is 10.5. The fourth-order valence-corrected chi connectivity index (χ4v) is 2.38. The summed E-state index contributed by atoms with van der Waals surface area (Å²) in [6.07, 6.45) is 2.13. The van der Waals surface area contributed by atoms with Gasteiger partial charge in [0.25, 0.3) is 0 Å². The Morgan fingerprint density at radius 1 is 1.00 bits per heavy atom. The number of benzene rings is 1. The van der Waals surface area contributed by atoms with Gasteiger partial charge >= 0.3 is 0 Å². The van der Waals surface area contributed by atoms with Crippen molar-refractivity contribution in [3.63, 3.8) is 0 Å². The molecule has 1 aromatic carbocycles. The molecule has 0 bridgehead atoms. The maximum Gasteiger partial charge on any atom is 0.123 e. The van der Waals surface area contributed by atoms with Crippen molar-refractivity contribution in [3.8, 4) is 5.75 Å². The molecule has 0 saturated heterocycles. The molecular formula is C16H24BrO. The lowest BCUT2D eigenvalue weighted by molar-refractivity contribution is 0.423. The second-order valence-electron chi connectivity index (χ2n) is 6.82. The molecule has 0 amide bonds. The van der Waals surface area contributed by atoms with Crippen LogP contribution in [-0.2, 0) is 10.8 Å². The van der Waals surface area contributed by atoms with Crippen LogP contribution in [0.15, 0.2) is 12.1 Å². The highest BCUT2D eigenvalue weighted by Gasteiger charge is 2.26. The van der Waals surface area contributed by atoms with Gasteiger partial charge in [-0.25, -0.2) is 0 Å². The number of hydrogen-bond acceptors (Lipinski definition) is 1. The third-order valence-electron chi connectivity index (χ3n) is 3.06. The van der Waals surface area contributed by atoms with Crippen molar-refractivity contribution in [2.45, 2.75) is 52.4 Å². The lowest BCUT2D eigenvalue weighted by Gasteiger charge is -2.28. The van der Waals surface area contributed by atoms with E-state index in [-0.39, 0.29) is 10.8 Å². The molecule has 0 saturated carbocycles. The first-order valence-corrected chi connectivity index (χ1v) is 7.46. The van der Waals surface area contributed by atoms with Crippen LogP contribution in [0.4, 0.5) is 0 Å². The zero-order valence-electron chi connectivity index (χ0n) is 12.3. The molecule has 0 heterocycles. The van der Waals surface area contributed by atoms with Gasteiger partial charge in [0.2, 0.25) is 0 Å². The van der Waals surface area contributed by atoms with Crippen LogP contribution in [0.2, 0.25) is 0 Å². The fraction of sp³-hybridized carbons (Fsp3) is 0.562. The summed E-state index contributed by atoms with van der Waals surface area (Å²) in [6, 6.07) is 4.18. The second kappa shape index (κ2) is 5.24. The van der Waals surface area contributed by atoms with Crippen molar-refractivity contribution in [2.75, 3.05) is 5.33 Å². The average Bonchev–Trinajstić information content (AvgIpc) is 2.17. The fourth-order valence-electron chi connectivity index (χ4n) is 2.01. The maximum absolute atomic E-state index is 10.5. The molecule has 0 spiro atoms. The molecule has 1 N–H and O–H groups in total. The first-order valence-electron chi connectivity index (χ1n) is 6.34. The van der Waals surface area contributed by atoms with Crippen LogP contribution >= 0.6 is 15.9 Å². The van der Waals surface area contributed by atoms with Gasteiger partial charge in [0, 0.05) is 11.8 Å².